The maximum Gasteiger partial charge on any atom is 0.408 e. The minimum absolute atomic E-state index is 0.372. The summed E-state index contributed by atoms with van der Waals surface area (Å²) in [6.07, 6.45) is 2.43. The highest BCUT2D eigenvalue weighted by Gasteiger charge is 2.37. The number of para-hydroxylation sites is 1. The molecule has 0 saturated carbocycles. The molecule has 1 unspecified atom stereocenters. The van der Waals surface area contributed by atoms with Gasteiger partial charge < -0.3 is 9.72 Å². The van der Waals surface area contributed by atoms with Gasteiger partial charge in [-0.2, -0.15) is 13.2 Å². The molecule has 0 aliphatic heterocycles. The number of hydrogen-bond donors (Lipinski definition) is 1. The number of alkyl halides is 3. The normalized spacial score (nSPS) is 12.8. The van der Waals surface area contributed by atoms with Gasteiger partial charge in [0.25, 0.3) is 0 Å². The van der Waals surface area contributed by atoms with Crippen molar-refractivity contribution in [2.24, 2.45) is 0 Å². The van der Waals surface area contributed by atoms with E-state index in [1.54, 1.807) is 30.9 Å². The van der Waals surface area contributed by atoms with Gasteiger partial charge in [0.15, 0.2) is 0 Å². The van der Waals surface area contributed by atoms with Crippen molar-refractivity contribution in [1.29, 1.82) is 0 Å². The van der Waals surface area contributed by atoms with Gasteiger partial charge in [-0.15, -0.1) is 0 Å². The minimum atomic E-state index is -4.59. The van der Waals surface area contributed by atoms with E-state index in [1.807, 2.05) is 54.0 Å². The molecule has 0 bridgehead atoms. The zero-order chi connectivity index (χ0) is 26.5. The second-order valence-corrected chi connectivity index (χ2v) is 8.95. The molecule has 5 aromatic rings. The number of amides is 1. The molecule has 1 atom stereocenters. The zero-order valence-corrected chi connectivity index (χ0v) is 20.2. The van der Waals surface area contributed by atoms with E-state index in [0.29, 0.717) is 22.4 Å². The van der Waals surface area contributed by atoms with Crippen LogP contribution in [-0.4, -0.2) is 41.6 Å². The van der Waals surface area contributed by atoms with E-state index in [9.17, 15) is 22.8 Å². The Labute approximate surface area is 209 Å². The average Bonchev–Trinajstić information content (AvgIpc) is 3.42. The van der Waals surface area contributed by atoms with Crippen LogP contribution in [-0.2, 0) is 11.3 Å². The Bertz CT molecular complexity index is 1710. The third kappa shape index (κ3) is 4.26. The number of hydrogen-bond acceptors (Lipinski definition) is 4. The molecule has 5 rings (SSSR count). The molecule has 0 fully saturated rings. The molecule has 4 aromatic heterocycles. The Balaban J connectivity index is 1.60. The van der Waals surface area contributed by atoms with Crippen molar-refractivity contribution in [2.75, 3.05) is 0 Å². The molecule has 1 amide bonds. The van der Waals surface area contributed by atoms with Crippen molar-refractivity contribution < 1.29 is 18.0 Å². The third-order valence-electron chi connectivity index (χ3n) is 6.35. The second kappa shape index (κ2) is 8.91. The summed E-state index contributed by atoms with van der Waals surface area (Å²) >= 11 is 0. The molecule has 37 heavy (non-hydrogen) atoms. The van der Waals surface area contributed by atoms with Crippen LogP contribution in [0.25, 0.3) is 33.5 Å². The summed E-state index contributed by atoms with van der Waals surface area (Å²) in [6, 6.07) is 8.93. The van der Waals surface area contributed by atoms with Gasteiger partial charge in [0.2, 0.25) is 5.91 Å². The summed E-state index contributed by atoms with van der Waals surface area (Å²) in [4.78, 5) is 34.8. The highest BCUT2D eigenvalue weighted by atomic mass is 19.4. The first-order chi connectivity index (χ1) is 17.6. The lowest BCUT2D eigenvalue weighted by atomic mass is 10.1. The number of aryl methyl sites for hydroxylation is 2. The molecule has 0 aliphatic rings. The highest BCUT2D eigenvalue weighted by molar-refractivity contribution is 5.85. The number of nitrogens with zero attached hydrogens (tertiary/aromatic N) is 5. The van der Waals surface area contributed by atoms with Gasteiger partial charge in [0.1, 0.15) is 18.4 Å². The Kier molecular flexibility index (Phi) is 5.85. The Hall–Kier alpha value is -4.41. The van der Waals surface area contributed by atoms with Crippen molar-refractivity contribution >= 4 is 22.5 Å². The number of benzene rings is 1. The van der Waals surface area contributed by atoms with Crippen LogP contribution < -0.4 is 11.0 Å². The summed E-state index contributed by atoms with van der Waals surface area (Å²) in [5.41, 5.74) is 4.51. The molecule has 0 spiro atoms. The molecular formula is C26H23F3N6O2. The van der Waals surface area contributed by atoms with Crippen molar-refractivity contribution in [3.63, 3.8) is 0 Å². The van der Waals surface area contributed by atoms with Crippen molar-refractivity contribution in [3.8, 4) is 16.9 Å². The van der Waals surface area contributed by atoms with E-state index in [0.717, 1.165) is 29.1 Å². The number of rotatable bonds is 5. The van der Waals surface area contributed by atoms with Gasteiger partial charge in [-0.1, -0.05) is 18.2 Å². The van der Waals surface area contributed by atoms with E-state index < -0.39 is 30.4 Å². The summed E-state index contributed by atoms with van der Waals surface area (Å²) in [6.45, 7) is 3.94. The Morgan fingerprint density at radius 2 is 1.86 bits per heavy atom. The first kappa shape index (κ1) is 24.3. The van der Waals surface area contributed by atoms with Crippen LogP contribution in [0.3, 0.4) is 0 Å². The van der Waals surface area contributed by atoms with Crippen molar-refractivity contribution in [3.05, 3.63) is 82.9 Å². The van der Waals surface area contributed by atoms with E-state index in [4.69, 9.17) is 0 Å². The van der Waals surface area contributed by atoms with Crippen LogP contribution in [0, 0.1) is 13.8 Å². The van der Waals surface area contributed by atoms with E-state index in [1.165, 1.54) is 9.13 Å². The SMILES string of the molecule is Cc1cc(-c2cccn3cncc23)cnc1-n1c(=O)n(CC(=O)NC(C)C(F)(F)F)c2cccc(C)c21. The van der Waals surface area contributed by atoms with Crippen LogP contribution in [0.15, 0.2) is 66.1 Å². The molecule has 190 valence electrons. The molecule has 11 heteroatoms. The first-order valence-corrected chi connectivity index (χ1v) is 11.5. The smallest absolute Gasteiger partial charge is 0.343 e. The monoisotopic (exact) mass is 508 g/mol. The Morgan fingerprint density at radius 1 is 1.08 bits per heavy atom. The summed E-state index contributed by atoms with van der Waals surface area (Å²) < 4.78 is 43.2. The van der Waals surface area contributed by atoms with Gasteiger partial charge in [-0.05, 0) is 50.1 Å². The van der Waals surface area contributed by atoms with Crippen LogP contribution in [0.2, 0.25) is 0 Å². The molecular weight excluding hydrogens is 485 g/mol. The van der Waals surface area contributed by atoms with Crippen LogP contribution in [0.1, 0.15) is 18.1 Å². The maximum absolute atomic E-state index is 13.6. The molecule has 0 saturated heterocycles. The van der Waals surface area contributed by atoms with E-state index >= 15 is 0 Å². The first-order valence-electron chi connectivity index (χ1n) is 11.5. The number of fused-ring (bicyclic) bond motifs is 2. The number of pyridine rings is 2. The predicted octanol–water partition coefficient (Wildman–Crippen LogP) is 4.19. The quantitative estimate of drug-likeness (QED) is 0.386. The molecule has 8 nitrogen and oxygen atoms in total. The summed E-state index contributed by atoms with van der Waals surface area (Å²) in [5, 5.41) is 1.92. The lowest BCUT2D eigenvalue weighted by Crippen LogP contribution is -2.45. The number of aromatic nitrogens is 5. The van der Waals surface area contributed by atoms with Gasteiger partial charge in [-0.3, -0.25) is 9.36 Å². The maximum atomic E-state index is 13.6. The Morgan fingerprint density at radius 3 is 2.59 bits per heavy atom. The number of nitrogens with one attached hydrogen (secondary N) is 1. The predicted molar refractivity (Wildman–Crippen MR) is 133 cm³/mol. The van der Waals surface area contributed by atoms with Crippen LogP contribution in [0.5, 0.6) is 0 Å². The van der Waals surface area contributed by atoms with Gasteiger partial charge in [0.05, 0.1) is 29.1 Å². The molecule has 4 heterocycles. The van der Waals surface area contributed by atoms with Crippen molar-refractivity contribution in [1.82, 2.24) is 28.8 Å². The summed E-state index contributed by atoms with van der Waals surface area (Å²) in [5.74, 6) is -0.544. The average molecular weight is 509 g/mol. The molecule has 0 aliphatic carbocycles. The molecule has 0 radical (unpaired) electrons. The number of imidazole rings is 2. The number of carbonyl (C=O) groups excluding carboxylic acids is 1. The number of halogens is 3. The molecule has 1 N–H and O–H groups in total. The van der Waals surface area contributed by atoms with E-state index in [-0.39, 0.29) is 0 Å². The lowest BCUT2D eigenvalue weighted by Gasteiger charge is -2.17. The molecule has 1 aromatic carbocycles. The minimum Gasteiger partial charge on any atom is -0.343 e. The zero-order valence-electron chi connectivity index (χ0n) is 20.2. The largest absolute Gasteiger partial charge is 0.408 e. The van der Waals surface area contributed by atoms with Gasteiger partial charge in [-0.25, -0.2) is 19.3 Å². The van der Waals surface area contributed by atoms with Crippen molar-refractivity contribution in [2.45, 2.75) is 39.5 Å². The fourth-order valence-electron chi connectivity index (χ4n) is 4.48. The number of carbonyl (C=O) groups is 1. The fourth-order valence-corrected chi connectivity index (χ4v) is 4.48. The highest BCUT2D eigenvalue weighted by Crippen LogP contribution is 2.28. The third-order valence-corrected chi connectivity index (χ3v) is 6.35. The summed E-state index contributed by atoms with van der Waals surface area (Å²) in [7, 11) is 0. The standard InChI is InChI=1S/C26H23F3N6O2/c1-15-6-4-8-20-23(15)35(25(37)34(20)13-22(36)32-17(3)26(27,28)29)24-16(2)10-18(11-31-24)19-7-5-9-33-14-30-12-21(19)33/h4-12,14,17H,13H2,1-3H3,(H,32,36). The van der Waals surface area contributed by atoms with Crippen LogP contribution >= 0.6 is 0 Å². The van der Waals surface area contributed by atoms with E-state index in [2.05, 4.69) is 9.97 Å². The second-order valence-electron chi connectivity index (χ2n) is 8.95. The van der Waals surface area contributed by atoms with Crippen LogP contribution in [0.4, 0.5) is 13.2 Å². The lowest BCUT2D eigenvalue weighted by molar-refractivity contribution is -0.158. The van der Waals surface area contributed by atoms with Gasteiger partial charge >= 0.3 is 11.9 Å². The van der Waals surface area contributed by atoms with Gasteiger partial charge in [0, 0.05) is 23.5 Å². The topological polar surface area (TPSA) is 86.2 Å². The fraction of sp³-hybridized carbons (Fsp3) is 0.231.